The van der Waals surface area contributed by atoms with Crippen molar-refractivity contribution in [3.63, 3.8) is 0 Å². The maximum absolute atomic E-state index is 12.6. The topological polar surface area (TPSA) is 29.0 Å². The summed E-state index contributed by atoms with van der Waals surface area (Å²) >= 11 is 1.95. The van der Waals surface area contributed by atoms with E-state index >= 15 is 0 Å². The molecule has 0 saturated carbocycles. The van der Waals surface area contributed by atoms with Gasteiger partial charge >= 0.3 is 0 Å². The monoisotopic (exact) mass is 213 g/mol. The van der Waals surface area contributed by atoms with Crippen molar-refractivity contribution < 1.29 is 4.39 Å². The van der Waals surface area contributed by atoms with E-state index in [-0.39, 0.29) is 5.82 Å². The first-order valence-corrected chi connectivity index (χ1v) is 5.82. The van der Waals surface area contributed by atoms with Gasteiger partial charge in [-0.15, -0.1) is 0 Å². The van der Waals surface area contributed by atoms with Crippen LogP contribution in [0.5, 0.6) is 0 Å². The van der Waals surface area contributed by atoms with E-state index in [1.54, 1.807) is 0 Å². The van der Waals surface area contributed by atoms with Crippen molar-refractivity contribution in [3.05, 3.63) is 18.2 Å². The summed E-state index contributed by atoms with van der Waals surface area (Å²) in [5.41, 5.74) is 0. The van der Waals surface area contributed by atoms with Crippen molar-refractivity contribution in [1.29, 1.82) is 0 Å². The van der Waals surface area contributed by atoms with Crippen molar-refractivity contribution in [2.45, 2.75) is 6.42 Å². The number of rotatable bonds is 1. The number of anilines is 1. The molecule has 14 heavy (non-hydrogen) atoms. The van der Waals surface area contributed by atoms with Crippen LogP contribution in [0, 0.1) is 5.82 Å². The average Bonchev–Trinajstić information content (AvgIpc) is 2.47. The molecule has 0 aromatic carbocycles. The molecule has 0 amide bonds. The standard InChI is InChI=1S/C9H12FN3S/c10-8-6-11-9(12-7-8)13-2-1-4-14-5-3-13/h6-7H,1-5H2. The quantitative estimate of drug-likeness (QED) is 0.708. The molecule has 0 aliphatic carbocycles. The minimum absolute atomic E-state index is 0.377. The maximum Gasteiger partial charge on any atom is 0.225 e. The molecule has 0 radical (unpaired) electrons. The summed E-state index contributed by atoms with van der Waals surface area (Å²) in [7, 11) is 0. The Labute approximate surface area is 86.7 Å². The molecule has 1 aromatic heterocycles. The van der Waals surface area contributed by atoms with Gasteiger partial charge in [-0.1, -0.05) is 0 Å². The van der Waals surface area contributed by atoms with Gasteiger partial charge in [-0.25, -0.2) is 14.4 Å². The lowest BCUT2D eigenvalue weighted by Crippen LogP contribution is -2.27. The first-order chi connectivity index (χ1) is 6.86. The molecular formula is C9H12FN3S. The van der Waals surface area contributed by atoms with Gasteiger partial charge < -0.3 is 4.90 Å². The number of halogens is 1. The largest absolute Gasteiger partial charge is 0.340 e. The molecule has 3 nitrogen and oxygen atoms in total. The third-order valence-electron chi connectivity index (χ3n) is 2.11. The molecule has 1 fully saturated rings. The van der Waals surface area contributed by atoms with Crippen LogP contribution < -0.4 is 4.90 Å². The third-order valence-corrected chi connectivity index (χ3v) is 3.16. The molecule has 2 heterocycles. The van der Waals surface area contributed by atoms with E-state index in [1.165, 1.54) is 18.1 Å². The molecule has 5 heteroatoms. The van der Waals surface area contributed by atoms with Crippen molar-refractivity contribution in [3.8, 4) is 0 Å². The van der Waals surface area contributed by atoms with Crippen LogP contribution in [0.1, 0.15) is 6.42 Å². The van der Waals surface area contributed by atoms with Gasteiger partial charge in [-0.3, -0.25) is 0 Å². The molecule has 1 saturated heterocycles. The molecule has 76 valence electrons. The Morgan fingerprint density at radius 2 is 2.00 bits per heavy atom. The Bertz CT molecular complexity index is 283. The third kappa shape index (κ3) is 2.35. The Morgan fingerprint density at radius 1 is 1.21 bits per heavy atom. The number of thioether (sulfide) groups is 1. The highest BCUT2D eigenvalue weighted by Crippen LogP contribution is 2.14. The van der Waals surface area contributed by atoms with Crippen molar-refractivity contribution in [1.82, 2.24) is 9.97 Å². The van der Waals surface area contributed by atoms with Crippen LogP contribution in [-0.2, 0) is 0 Å². The minimum Gasteiger partial charge on any atom is -0.340 e. The Balaban J connectivity index is 2.08. The van der Waals surface area contributed by atoms with Gasteiger partial charge in [-0.2, -0.15) is 11.8 Å². The summed E-state index contributed by atoms with van der Waals surface area (Å²) in [6, 6.07) is 0. The second-order valence-corrected chi connectivity index (χ2v) is 4.38. The molecular weight excluding hydrogens is 201 g/mol. The van der Waals surface area contributed by atoms with E-state index < -0.39 is 0 Å². The van der Waals surface area contributed by atoms with E-state index in [1.807, 2.05) is 11.8 Å². The highest BCUT2D eigenvalue weighted by atomic mass is 32.2. The van der Waals surface area contributed by atoms with Gasteiger partial charge in [0.1, 0.15) is 0 Å². The van der Waals surface area contributed by atoms with Crippen LogP contribution in [0.2, 0.25) is 0 Å². The first kappa shape index (κ1) is 9.71. The Morgan fingerprint density at radius 3 is 2.79 bits per heavy atom. The van der Waals surface area contributed by atoms with Crippen molar-refractivity contribution >= 4 is 17.7 Å². The zero-order chi connectivity index (χ0) is 9.80. The highest BCUT2D eigenvalue weighted by Gasteiger charge is 2.11. The van der Waals surface area contributed by atoms with Crippen molar-refractivity contribution in [2.75, 3.05) is 29.5 Å². The van der Waals surface area contributed by atoms with Crippen LogP contribution in [0.15, 0.2) is 12.4 Å². The number of hydrogen-bond acceptors (Lipinski definition) is 4. The molecule has 0 spiro atoms. The molecule has 1 aliphatic heterocycles. The van der Waals surface area contributed by atoms with Crippen LogP contribution in [0.25, 0.3) is 0 Å². The summed E-state index contributed by atoms with van der Waals surface area (Å²) in [5, 5.41) is 0. The zero-order valence-corrected chi connectivity index (χ0v) is 8.63. The summed E-state index contributed by atoms with van der Waals surface area (Å²) in [5.74, 6) is 2.56. The van der Waals surface area contributed by atoms with E-state index in [2.05, 4.69) is 14.9 Å². The van der Waals surface area contributed by atoms with Gasteiger partial charge in [0.05, 0.1) is 12.4 Å². The van der Waals surface area contributed by atoms with Gasteiger partial charge in [0.25, 0.3) is 0 Å². The fraction of sp³-hybridized carbons (Fsp3) is 0.556. The number of hydrogen-bond donors (Lipinski definition) is 0. The van der Waals surface area contributed by atoms with E-state index in [0.717, 1.165) is 25.3 Å². The molecule has 2 rings (SSSR count). The lowest BCUT2D eigenvalue weighted by molar-refractivity contribution is 0.611. The minimum atomic E-state index is -0.377. The number of nitrogens with zero attached hydrogens (tertiary/aromatic N) is 3. The summed E-state index contributed by atoms with van der Waals surface area (Å²) < 4.78 is 12.6. The summed E-state index contributed by atoms with van der Waals surface area (Å²) in [6.07, 6.45) is 3.59. The average molecular weight is 213 g/mol. The van der Waals surface area contributed by atoms with Gasteiger partial charge in [0.15, 0.2) is 5.82 Å². The second kappa shape index (κ2) is 4.59. The normalized spacial score (nSPS) is 17.9. The molecule has 0 N–H and O–H groups in total. The smallest absolute Gasteiger partial charge is 0.225 e. The molecule has 1 aromatic rings. The second-order valence-electron chi connectivity index (χ2n) is 3.15. The van der Waals surface area contributed by atoms with Crippen LogP contribution in [0.3, 0.4) is 0 Å². The molecule has 0 unspecified atom stereocenters. The lowest BCUT2D eigenvalue weighted by atomic mass is 10.4. The first-order valence-electron chi connectivity index (χ1n) is 4.66. The van der Waals surface area contributed by atoms with Gasteiger partial charge in [0.2, 0.25) is 5.95 Å². The Kier molecular flexibility index (Phi) is 3.18. The van der Waals surface area contributed by atoms with E-state index in [0.29, 0.717) is 5.95 Å². The summed E-state index contributed by atoms with van der Waals surface area (Å²) in [6.45, 7) is 1.93. The summed E-state index contributed by atoms with van der Waals surface area (Å²) in [4.78, 5) is 10.1. The zero-order valence-electron chi connectivity index (χ0n) is 7.82. The van der Waals surface area contributed by atoms with Gasteiger partial charge in [-0.05, 0) is 12.2 Å². The van der Waals surface area contributed by atoms with Crippen LogP contribution in [-0.4, -0.2) is 34.6 Å². The van der Waals surface area contributed by atoms with Crippen molar-refractivity contribution in [2.24, 2.45) is 0 Å². The predicted octanol–water partition coefficient (Wildman–Crippen LogP) is 1.56. The van der Waals surface area contributed by atoms with E-state index in [9.17, 15) is 4.39 Å². The van der Waals surface area contributed by atoms with E-state index in [4.69, 9.17) is 0 Å². The molecule has 0 bridgehead atoms. The SMILES string of the molecule is Fc1cnc(N2CCCSCC2)nc1. The van der Waals surface area contributed by atoms with Crippen LogP contribution >= 0.6 is 11.8 Å². The van der Waals surface area contributed by atoms with Gasteiger partial charge in [0, 0.05) is 18.8 Å². The van der Waals surface area contributed by atoms with Crippen LogP contribution in [0.4, 0.5) is 10.3 Å². The molecule has 0 atom stereocenters. The maximum atomic E-state index is 12.6. The lowest BCUT2D eigenvalue weighted by Gasteiger charge is -2.18. The fourth-order valence-electron chi connectivity index (χ4n) is 1.41. The Hall–Kier alpha value is -0.840. The molecule has 1 aliphatic rings. The fourth-order valence-corrected chi connectivity index (χ4v) is 2.30. The number of aromatic nitrogens is 2. The predicted molar refractivity (Wildman–Crippen MR) is 56.1 cm³/mol. The highest BCUT2D eigenvalue weighted by molar-refractivity contribution is 7.99.